The maximum Gasteiger partial charge on any atom is 0.331 e. The van der Waals surface area contributed by atoms with E-state index in [1.807, 2.05) is 6.08 Å². The molecule has 88 valence electrons. The van der Waals surface area contributed by atoms with Gasteiger partial charge in [-0.05, 0) is 25.7 Å². The van der Waals surface area contributed by atoms with E-state index in [9.17, 15) is 4.79 Å². The summed E-state index contributed by atoms with van der Waals surface area (Å²) in [6, 6.07) is 0. The quantitative estimate of drug-likeness (QED) is 0.460. The van der Waals surface area contributed by atoms with Crippen molar-refractivity contribution in [2.75, 3.05) is 0 Å². The lowest BCUT2D eigenvalue weighted by molar-refractivity contribution is -0.132. The van der Waals surface area contributed by atoms with Crippen LogP contribution in [0.1, 0.15) is 65.2 Å². The predicted octanol–water partition coefficient (Wildman–Crippen LogP) is 4.16. The van der Waals surface area contributed by atoms with Crippen LogP contribution in [-0.2, 0) is 4.79 Å². The predicted molar refractivity (Wildman–Crippen MR) is 64.0 cm³/mol. The van der Waals surface area contributed by atoms with Crippen molar-refractivity contribution in [3.63, 3.8) is 0 Å². The maximum atomic E-state index is 10.9. The molecule has 0 aliphatic carbocycles. The molecule has 0 radical (unpaired) electrons. The molecule has 1 N–H and O–H groups in total. The fourth-order valence-corrected chi connectivity index (χ4v) is 1.51. The summed E-state index contributed by atoms with van der Waals surface area (Å²) in [4.78, 5) is 10.9. The van der Waals surface area contributed by atoms with Gasteiger partial charge in [0.25, 0.3) is 0 Å². The average Bonchev–Trinajstić information content (AvgIpc) is 2.21. The third-order valence-electron chi connectivity index (χ3n) is 2.52. The molecular formula is C13H24O2. The standard InChI is InChI=1S/C13H24O2/c1-3-5-7-8-9-11-12(13(14)15)10-6-4-2/h11H,3-10H2,1-2H3,(H,14,15). The average molecular weight is 212 g/mol. The number of hydrogen-bond donors (Lipinski definition) is 1. The van der Waals surface area contributed by atoms with Crippen LogP contribution in [0, 0.1) is 0 Å². The van der Waals surface area contributed by atoms with E-state index in [4.69, 9.17) is 5.11 Å². The summed E-state index contributed by atoms with van der Waals surface area (Å²) in [5.74, 6) is -0.737. The molecule has 0 atom stereocenters. The molecule has 0 bridgehead atoms. The lowest BCUT2D eigenvalue weighted by Gasteiger charge is -2.01. The first-order chi connectivity index (χ1) is 7.22. The van der Waals surface area contributed by atoms with Gasteiger partial charge in [0.05, 0.1) is 0 Å². The van der Waals surface area contributed by atoms with Crippen molar-refractivity contribution in [1.29, 1.82) is 0 Å². The van der Waals surface area contributed by atoms with Crippen LogP contribution in [0.25, 0.3) is 0 Å². The Balaban J connectivity index is 3.79. The maximum absolute atomic E-state index is 10.9. The van der Waals surface area contributed by atoms with Gasteiger partial charge in [0.2, 0.25) is 0 Å². The molecule has 0 spiro atoms. The normalized spacial score (nSPS) is 11.7. The van der Waals surface area contributed by atoms with Crippen molar-refractivity contribution < 1.29 is 9.90 Å². The van der Waals surface area contributed by atoms with E-state index in [1.165, 1.54) is 19.3 Å². The molecule has 0 saturated heterocycles. The van der Waals surface area contributed by atoms with Gasteiger partial charge in [0.1, 0.15) is 0 Å². The van der Waals surface area contributed by atoms with Crippen molar-refractivity contribution in [2.45, 2.75) is 65.2 Å². The van der Waals surface area contributed by atoms with Crippen molar-refractivity contribution in [3.05, 3.63) is 11.6 Å². The van der Waals surface area contributed by atoms with Crippen LogP contribution in [0.15, 0.2) is 11.6 Å². The molecule has 15 heavy (non-hydrogen) atoms. The molecule has 2 heteroatoms. The van der Waals surface area contributed by atoms with Crippen LogP contribution in [0.5, 0.6) is 0 Å². The fourth-order valence-electron chi connectivity index (χ4n) is 1.51. The van der Waals surface area contributed by atoms with Crippen molar-refractivity contribution in [3.8, 4) is 0 Å². The van der Waals surface area contributed by atoms with Gasteiger partial charge in [-0.2, -0.15) is 0 Å². The second-order valence-electron chi connectivity index (χ2n) is 3.99. The first-order valence-electron chi connectivity index (χ1n) is 6.14. The van der Waals surface area contributed by atoms with E-state index < -0.39 is 5.97 Å². The Kier molecular flexibility index (Phi) is 9.24. The number of rotatable bonds is 9. The number of carbonyl (C=O) groups is 1. The zero-order valence-electron chi connectivity index (χ0n) is 10.1. The van der Waals surface area contributed by atoms with E-state index in [0.29, 0.717) is 5.57 Å². The summed E-state index contributed by atoms with van der Waals surface area (Å²) in [6.45, 7) is 4.26. The topological polar surface area (TPSA) is 37.3 Å². The number of hydrogen-bond acceptors (Lipinski definition) is 1. The zero-order chi connectivity index (χ0) is 11.5. The smallest absolute Gasteiger partial charge is 0.331 e. The number of aliphatic carboxylic acids is 1. The Morgan fingerprint density at radius 3 is 2.27 bits per heavy atom. The highest BCUT2D eigenvalue weighted by Crippen LogP contribution is 2.11. The van der Waals surface area contributed by atoms with Crippen LogP contribution >= 0.6 is 0 Å². The Hall–Kier alpha value is -0.790. The molecule has 0 rings (SSSR count). The second-order valence-corrected chi connectivity index (χ2v) is 3.99. The number of carboxylic acid groups (broad SMARTS) is 1. The molecule has 0 fully saturated rings. The molecule has 0 amide bonds. The minimum Gasteiger partial charge on any atom is -0.478 e. The van der Waals surface area contributed by atoms with Crippen molar-refractivity contribution in [2.24, 2.45) is 0 Å². The Morgan fingerprint density at radius 1 is 1.07 bits per heavy atom. The molecule has 0 unspecified atom stereocenters. The highest BCUT2D eigenvalue weighted by molar-refractivity contribution is 5.86. The lowest BCUT2D eigenvalue weighted by Crippen LogP contribution is -2.00. The van der Waals surface area contributed by atoms with E-state index in [1.54, 1.807) is 0 Å². The molecule has 0 saturated carbocycles. The summed E-state index contributed by atoms with van der Waals surface area (Å²) in [5, 5.41) is 8.93. The number of carboxylic acids is 1. The van der Waals surface area contributed by atoms with Crippen LogP contribution in [0.3, 0.4) is 0 Å². The van der Waals surface area contributed by atoms with E-state index in [2.05, 4.69) is 13.8 Å². The highest BCUT2D eigenvalue weighted by Gasteiger charge is 2.05. The van der Waals surface area contributed by atoms with Gasteiger partial charge in [-0.25, -0.2) is 4.79 Å². The summed E-state index contributed by atoms with van der Waals surface area (Å²) < 4.78 is 0. The van der Waals surface area contributed by atoms with Crippen LogP contribution in [0.2, 0.25) is 0 Å². The molecule has 0 aliphatic rings. The fraction of sp³-hybridized carbons (Fsp3) is 0.769. The number of allylic oxidation sites excluding steroid dienone is 1. The van der Waals surface area contributed by atoms with Crippen LogP contribution in [0.4, 0.5) is 0 Å². The molecule has 0 aromatic carbocycles. The van der Waals surface area contributed by atoms with Gasteiger partial charge in [0, 0.05) is 5.57 Å². The summed E-state index contributed by atoms with van der Waals surface area (Å²) in [6.07, 6.45) is 10.4. The molecule has 0 heterocycles. The molecule has 0 aliphatic heterocycles. The van der Waals surface area contributed by atoms with Gasteiger partial charge in [-0.1, -0.05) is 45.6 Å². The summed E-state index contributed by atoms with van der Waals surface area (Å²) in [5.41, 5.74) is 0.605. The molecule has 0 aromatic heterocycles. The van der Waals surface area contributed by atoms with Crippen molar-refractivity contribution in [1.82, 2.24) is 0 Å². The van der Waals surface area contributed by atoms with Crippen molar-refractivity contribution >= 4 is 5.97 Å². The third kappa shape index (κ3) is 8.22. The summed E-state index contributed by atoms with van der Waals surface area (Å²) >= 11 is 0. The van der Waals surface area contributed by atoms with E-state index in [0.717, 1.165) is 32.1 Å². The largest absolute Gasteiger partial charge is 0.478 e. The SMILES string of the molecule is CCCCCCC=C(CCCC)C(=O)O. The lowest BCUT2D eigenvalue weighted by atomic mass is 10.1. The van der Waals surface area contributed by atoms with Gasteiger partial charge >= 0.3 is 5.97 Å². The number of unbranched alkanes of at least 4 members (excludes halogenated alkanes) is 5. The van der Waals surface area contributed by atoms with Crippen LogP contribution in [-0.4, -0.2) is 11.1 Å². The van der Waals surface area contributed by atoms with E-state index in [-0.39, 0.29) is 0 Å². The first kappa shape index (κ1) is 14.2. The van der Waals surface area contributed by atoms with E-state index >= 15 is 0 Å². The zero-order valence-corrected chi connectivity index (χ0v) is 10.1. The monoisotopic (exact) mass is 212 g/mol. The highest BCUT2D eigenvalue weighted by atomic mass is 16.4. The molecule has 2 nitrogen and oxygen atoms in total. The first-order valence-corrected chi connectivity index (χ1v) is 6.14. The second kappa shape index (κ2) is 9.75. The minimum absolute atomic E-state index is 0.605. The van der Waals surface area contributed by atoms with Gasteiger partial charge in [-0.15, -0.1) is 0 Å². The molecular weight excluding hydrogens is 188 g/mol. The van der Waals surface area contributed by atoms with Gasteiger partial charge in [-0.3, -0.25) is 0 Å². The Labute approximate surface area is 93.4 Å². The van der Waals surface area contributed by atoms with Gasteiger partial charge in [0.15, 0.2) is 0 Å². The minimum atomic E-state index is -0.737. The third-order valence-corrected chi connectivity index (χ3v) is 2.52. The van der Waals surface area contributed by atoms with Crippen LogP contribution < -0.4 is 0 Å². The van der Waals surface area contributed by atoms with Gasteiger partial charge < -0.3 is 5.11 Å². The molecule has 0 aromatic rings. The Bertz CT molecular complexity index is 195. The Morgan fingerprint density at radius 2 is 1.73 bits per heavy atom. The summed E-state index contributed by atoms with van der Waals surface area (Å²) in [7, 11) is 0.